The van der Waals surface area contributed by atoms with Crippen molar-refractivity contribution in [3.63, 3.8) is 0 Å². The number of benzene rings is 4. The van der Waals surface area contributed by atoms with Gasteiger partial charge in [0.2, 0.25) is 0 Å². The lowest BCUT2D eigenvalue weighted by Gasteiger charge is -2.37. The first-order valence-corrected chi connectivity index (χ1v) is 26.2. The molecule has 1 amide bonds. The Morgan fingerprint density at radius 3 is 2.25 bits per heavy atom. The monoisotopic (exact) mass is 955 g/mol. The third kappa shape index (κ3) is 11.0. The van der Waals surface area contributed by atoms with Crippen molar-refractivity contribution in [1.82, 2.24) is 14.5 Å². The van der Waals surface area contributed by atoms with Crippen molar-refractivity contribution in [1.29, 1.82) is 0 Å². The molecule has 342 valence electrons. The van der Waals surface area contributed by atoms with Crippen molar-refractivity contribution in [3.8, 4) is 0 Å². The van der Waals surface area contributed by atoms with E-state index in [4.69, 9.17) is 11.6 Å². The van der Waals surface area contributed by atoms with Gasteiger partial charge < -0.3 is 15.1 Å². The zero-order valence-electron chi connectivity index (χ0n) is 35.4. The number of hydrogen-bond donors (Lipinski definition) is 2. The third-order valence-corrected chi connectivity index (χ3v) is 17.3. The molecular formula is C47H53ClF3N5O5S3. The van der Waals surface area contributed by atoms with Crippen LogP contribution in [-0.4, -0.2) is 102 Å². The van der Waals surface area contributed by atoms with E-state index in [1.54, 1.807) is 12.1 Å². The number of piperazine rings is 1. The van der Waals surface area contributed by atoms with Crippen LogP contribution in [0.1, 0.15) is 67.3 Å². The summed E-state index contributed by atoms with van der Waals surface area (Å²) in [6.45, 7) is 5.72. The summed E-state index contributed by atoms with van der Waals surface area (Å²) in [5.41, 5.74) is -1.11. The Morgan fingerprint density at radius 1 is 0.859 bits per heavy atom. The minimum Gasteiger partial charge on any atom is -0.380 e. The first-order valence-electron chi connectivity index (χ1n) is 21.9. The molecule has 2 bridgehead atoms. The lowest BCUT2D eigenvalue weighted by molar-refractivity contribution is -0.0435. The number of sulfonamides is 1. The topological polar surface area (TPSA) is 119 Å². The van der Waals surface area contributed by atoms with Crippen molar-refractivity contribution in [2.24, 2.45) is 5.92 Å². The summed E-state index contributed by atoms with van der Waals surface area (Å²) >= 11 is 7.63. The van der Waals surface area contributed by atoms with Crippen LogP contribution in [0.3, 0.4) is 0 Å². The SMILES string of the molecule is O=C(NS(=O)(=O)c1ccc(N[C@H](CCN2C[C@@H]3CC[C@H]2C3)CSc2ccccc2)c(S(=O)(=O)C(F)(F)F)c1)c1ccc(N2CCN(CC3=C(c4ccc(Cl)cc4)CCCC3)CC2)cc1. The summed E-state index contributed by atoms with van der Waals surface area (Å²) in [7, 11) is -10.9. The third-order valence-electron chi connectivity index (χ3n) is 13.0. The molecule has 4 aromatic rings. The number of piperidine rings is 1. The molecule has 2 saturated heterocycles. The van der Waals surface area contributed by atoms with Crippen LogP contribution in [0, 0.1) is 5.92 Å². The average molecular weight is 957 g/mol. The molecule has 17 heteroatoms. The molecular weight excluding hydrogens is 903 g/mol. The van der Waals surface area contributed by atoms with Gasteiger partial charge in [0, 0.05) is 84.8 Å². The molecule has 4 aromatic carbocycles. The number of carbonyl (C=O) groups excluding carboxylic acids is 1. The van der Waals surface area contributed by atoms with Crippen molar-refractivity contribution in [3.05, 3.63) is 119 Å². The molecule has 2 heterocycles. The fourth-order valence-electron chi connectivity index (χ4n) is 9.53. The van der Waals surface area contributed by atoms with E-state index in [0.29, 0.717) is 36.7 Å². The number of nitrogens with one attached hydrogen (secondary N) is 2. The number of carbonyl (C=O) groups is 1. The van der Waals surface area contributed by atoms with Crippen LogP contribution in [0.25, 0.3) is 5.57 Å². The van der Waals surface area contributed by atoms with Crippen LogP contribution >= 0.6 is 23.4 Å². The van der Waals surface area contributed by atoms with Crippen LogP contribution in [0.15, 0.2) is 117 Å². The number of hydrogen-bond acceptors (Lipinski definition) is 10. The van der Waals surface area contributed by atoms with E-state index in [2.05, 4.69) is 32.1 Å². The summed E-state index contributed by atoms with van der Waals surface area (Å²) < 4.78 is 97.9. The van der Waals surface area contributed by atoms with Crippen LogP contribution in [0.4, 0.5) is 24.5 Å². The zero-order valence-corrected chi connectivity index (χ0v) is 38.6. The number of alkyl halides is 3. The molecule has 8 rings (SSSR count). The number of nitrogens with zero attached hydrogens (tertiary/aromatic N) is 3. The fourth-order valence-corrected chi connectivity index (χ4v) is 12.7. The summed E-state index contributed by atoms with van der Waals surface area (Å²) in [5.74, 6) is 0.0449. The molecule has 64 heavy (non-hydrogen) atoms. The highest BCUT2D eigenvalue weighted by Gasteiger charge is 2.48. The minimum absolute atomic E-state index is 0.0105. The van der Waals surface area contributed by atoms with Crippen molar-refractivity contribution >= 4 is 66.1 Å². The summed E-state index contributed by atoms with van der Waals surface area (Å²) in [5, 5.41) is 3.77. The Labute approximate surface area is 383 Å². The molecule has 4 aliphatic rings. The van der Waals surface area contributed by atoms with Gasteiger partial charge in [0.15, 0.2) is 0 Å². The molecule has 2 aliphatic heterocycles. The number of rotatable bonds is 16. The van der Waals surface area contributed by atoms with E-state index >= 15 is 0 Å². The van der Waals surface area contributed by atoms with E-state index in [-0.39, 0.29) is 11.3 Å². The second kappa shape index (κ2) is 19.8. The number of halogens is 4. The van der Waals surface area contributed by atoms with Gasteiger partial charge >= 0.3 is 5.51 Å². The van der Waals surface area contributed by atoms with Crippen molar-refractivity contribution < 1.29 is 34.8 Å². The molecule has 0 aromatic heterocycles. The Balaban J connectivity index is 0.930. The van der Waals surface area contributed by atoms with Crippen LogP contribution in [-0.2, 0) is 19.9 Å². The average Bonchev–Trinajstić information content (AvgIpc) is 3.92. The lowest BCUT2D eigenvalue weighted by atomic mass is 9.87. The quantitative estimate of drug-likeness (QED) is 0.105. The van der Waals surface area contributed by atoms with Crippen molar-refractivity contribution in [2.45, 2.75) is 83.6 Å². The largest absolute Gasteiger partial charge is 0.501 e. The van der Waals surface area contributed by atoms with E-state index in [1.807, 2.05) is 47.2 Å². The highest BCUT2D eigenvalue weighted by Crippen LogP contribution is 2.39. The molecule has 2 aliphatic carbocycles. The highest BCUT2D eigenvalue weighted by molar-refractivity contribution is 7.99. The zero-order chi connectivity index (χ0) is 45.1. The van der Waals surface area contributed by atoms with Gasteiger partial charge in [-0.05, 0) is 135 Å². The maximum atomic E-state index is 14.2. The second-order valence-electron chi connectivity index (χ2n) is 17.2. The van der Waals surface area contributed by atoms with E-state index in [1.165, 1.54) is 59.9 Å². The summed E-state index contributed by atoms with van der Waals surface area (Å²) in [6, 6.07) is 26.5. The number of fused-ring (bicyclic) bond motifs is 2. The Hall–Kier alpha value is -4.06. The second-order valence-corrected chi connectivity index (χ2v) is 22.4. The number of thioether (sulfide) groups is 1. The number of anilines is 2. The molecule has 1 saturated carbocycles. The van der Waals surface area contributed by atoms with Crippen LogP contribution in [0.5, 0.6) is 0 Å². The van der Waals surface area contributed by atoms with E-state index < -0.39 is 47.1 Å². The summed E-state index contributed by atoms with van der Waals surface area (Å²) in [4.78, 5) is 19.3. The number of amides is 1. The van der Waals surface area contributed by atoms with Gasteiger partial charge in [0.05, 0.1) is 10.6 Å². The predicted octanol–water partition coefficient (Wildman–Crippen LogP) is 9.35. The predicted molar refractivity (Wildman–Crippen MR) is 248 cm³/mol. The summed E-state index contributed by atoms with van der Waals surface area (Å²) in [6.07, 6.45) is 8.42. The fraction of sp³-hybridized carbons (Fsp3) is 0.426. The van der Waals surface area contributed by atoms with E-state index in [0.717, 1.165) is 92.7 Å². The van der Waals surface area contributed by atoms with Gasteiger partial charge in [-0.3, -0.25) is 9.69 Å². The minimum atomic E-state index is -6.03. The molecule has 3 fully saturated rings. The normalized spacial score (nSPS) is 20.4. The first kappa shape index (κ1) is 46.5. The Kier molecular flexibility index (Phi) is 14.4. The molecule has 2 N–H and O–H groups in total. The van der Waals surface area contributed by atoms with Crippen molar-refractivity contribution in [2.75, 3.05) is 61.8 Å². The maximum Gasteiger partial charge on any atom is 0.501 e. The van der Waals surface area contributed by atoms with Gasteiger partial charge in [-0.1, -0.05) is 47.5 Å². The lowest BCUT2D eigenvalue weighted by Crippen LogP contribution is -2.47. The van der Waals surface area contributed by atoms with Gasteiger partial charge in [-0.15, -0.1) is 11.8 Å². The number of sulfone groups is 1. The molecule has 10 nitrogen and oxygen atoms in total. The van der Waals surface area contributed by atoms with Crippen LogP contribution < -0.4 is 14.9 Å². The smallest absolute Gasteiger partial charge is 0.380 e. The van der Waals surface area contributed by atoms with Gasteiger partial charge in [-0.25, -0.2) is 21.6 Å². The number of allylic oxidation sites excluding steroid dienone is 1. The van der Waals surface area contributed by atoms with Gasteiger partial charge in [0.25, 0.3) is 25.8 Å². The Bertz CT molecular complexity index is 2540. The van der Waals surface area contributed by atoms with E-state index in [9.17, 15) is 34.8 Å². The molecule has 0 radical (unpaired) electrons. The van der Waals surface area contributed by atoms with Crippen LogP contribution in [0.2, 0.25) is 5.02 Å². The molecule has 0 spiro atoms. The van der Waals surface area contributed by atoms with Gasteiger partial charge in [0.1, 0.15) is 4.90 Å². The molecule has 3 atom stereocenters. The standard InChI is InChI=1S/C47H53ClF3N5O5S3/c48-37-15-11-34(12-16-37)43-9-5-4-6-36(43)31-54-24-26-55(27-25-54)39-18-13-35(14-19-39)46(57)53-64(60,61)42-20-21-44(45(29-42)63(58,59)47(49,50)51)52-38(32-62-41-7-2-1-3-8-41)22-23-56-30-33-10-17-40(56)28-33/h1-3,7-8,11-16,18-21,29,33,38,40,52H,4-6,9-10,17,22-28,30-32H2,(H,53,57)/t33-,38-,40+/m1/s1. The Morgan fingerprint density at radius 2 is 1.58 bits per heavy atom. The maximum absolute atomic E-state index is 14.2. The highest BCUT2D eigenvalue weighted by atomic mass is 35.5. The number of likely N-dealkylation sites (tertiary alicyclic amines) is 1. The van der Waals surface area contributed by atoms with Gasteiger partial charge in [-0.2, -0.15) is 13.2 Å². The first-order chi connectivity index (χ1) is 30.6. The molecule has 0 unspecified atom stereocenters.